The van der Waals surface area contributed by atoms with Gasteiger partial charge in [-0.1, -0.05) is 0 Å². The SMILES string of the molecule is CC1CCN1CC(=O)O.Cl. The summed E-state index contributed by atoms with van der Waals surface area (Å²) in [6.45, 7) is 3.21. The molecule has 0 aromatic rings. The lowest BCUT2D eigenvalue weighted by Crippen LogP contribution is -2.47. The van der Waals surface area contributed by atoms with Crippen LogP contribution in [-0.4, -0.2) is 35.1 Å². The zero-order chi connectivity index (χ0) is 6.85. The van der Waals surface area contributed by atoms with Crippen molar-refractivity contribution < 1.29 is 9.90 Å². The van der Waals surface area contributed by atoms with Gasteiger partial charge in [0.15, 0.2) is 0 Å². The van der Waals surface area contributed by atoms with Gasteiger partial charge in [-0.3, -0.25) is 9.69 Å². The number of carboxylic acid groups (broad SMARTS) is 1. The van der Waals surface area contributed by atoms with E-state index in [1.54, 1.807) is 0 Å². The molecule has 1 heterocycles. The van der Waals surface area contributed by atoms with Gasteiger partial charge in [-0.15, -0.1) is 12.4 Å². The summed E-state index contributed by atoms with van der Waals surface area (Å²) >= 11 is 0. The molecule has 0 aromatic heterocycles. The van der Waals surface area contributed by atoms with Crippen LogP contribution in [0.3, 0.4) is 0 Å². The first-order valence-corrected chi connectivity index (χ1v) is 3.16. The highest BCUT2D eigenvalue weighted by atomic mass is 35.5. The first-order chi connectivity index (χ1) is 4.20. The Morgan fingerprint density at radius 3 is 2.50 bits per heavy atom. The number of nitrogens with zero attached hydrogens (tertiary/aromatic N) is 1. The molecule has 0 aromatic carbocycles. The quantitative estimate of drug-likeness (QED) is 0.651. The second-order valence-electron chi connectivity index (χ2n) is 2.50. The van der Waals surface area contributed by atoms with Crippen molar-refractivity contribution in [3.8, 4) is 0 Å². The molecule has 4 heteroatoms. The van der Waals surface area contributed by atoms with Crippen molar-refractivity contribution in [3.63, 3.8) is 0 Å². The fourth-order valence-electron chi connectivity index (χ4n) is 0.979. The molecule has 1 fully saturated rings. The summed E-state index contributed by atoms with van der Waals surface area (Å²) in [5.74, 6) is -0.721. The maximum absolute atomic E-state index is 10.1. The molecule has 0 amide bonds. The monoisotopic (exact) mass is 165 g/mol. The number of carbonyl (C=O) groups is 1. The Hall–Kier alpha value is -0.280. The molecule has 0 spiro atoms. The van der Waals surface area contributed by atoms with E-state index < -0.39 is 5.97 Å². The standard InChI is InChI=1S/C6H11NO2.ClH/c1-5-2-3-7(5)4-6(8)9;/h5H,2-4H2,1H3,(H,8,9);1H. The minimum atomic E-state index is -0.721. The normalized spacial score (nSPS) is 24.7. The molecule has 1 atom stereocenters. The predicted molar refractivity (Wildman–Crippen MR) is 40.5 cm³/mol. The summed E-state index contributed by atoms with van der Waals surface area (Å²) in [6, 6.07) is 0.487. The van der Waals surface area contributed by atoms with E-state index in [1.165, 1.54) is 0 Å². The van der Waals surface area contributed by atoms with Gasteiger partial charge in [-0.2, -0.15) is 0 Å². The molecule has 3 nitrogen and oxygen atoms in total. The second kappa shape index (κ2) is 3.78. The highest BCUT2D eigenvalue weighted by Gasteiger charge is 2.24. The van der Waals surface area contributed by atoms with E-state index in [-0.39, 0.29) is 19.0 Å². The fourth-order valence-corrected chi connectivity index (χ4v) is 0.979. The van der Waals surface area contributed by atoms with Gasteiger partial charge >= 0.3 is 5.97 Å². The van der Waals surface area contributed by atoms with Crippen LogP contribution in [0.1, 0.15) is 13.3 Å². The van der Waals surface area contributed by atoms with E-state index in [4.69, 9.17) is 5.11 Å². The van der Waals surface area contributed by atoms with Crippen molar-refractivity contribution in [3.05, 3.63) is 0 Å². The van der Waals surface area contributed by atoms with E-state index in [2.05, 4.69) is 0 Å². The van der Waals surface area contributed by atoms with Crippen LogP contribution < -0.4 is 0 Å². The van der Waals surface area contributed by atoms with Crippen molar-refractivity contribution in [2.24, 2.45) is 0 Å². The zero-order valence-electron chi connectivity index (χ0n) is 5.91. The van der Waals surface area contributed by atoms with Crippen molar-refractivity contribution in [1.82, 2.24) is 4.90 Å². The largest absolute Gasteiger partial charge is 0.480 e. The van der Waals surface area contributed by atoms with Crippen molar-refractivity contribution in [2.45, 2.75) is 19.4 Å². The molecule has 0 bridgehead atoms. The van der Waals surface area contributed by atoms with Crippen LogP contribution in [-0.2, 0) is 4.79 Å². The predicted octanol–water partition coefficient (Wildman–Crippen LogP) is 0.587. The first kappa shape index (κ1) is 9.72. The average Bonchev–Trinajstić information content (AvgIpc) is 1.79. The number of carboxylic acids is 1. The van der Waals surface area contributed by atoms with Crippen molar-refractivity contribution >= 4 is 18.4 Å². The maximum atomic E-state index is 10.1. The van der Waals surface area contributed by atoms with Crippen molar-refractivity contribution in [1.29, 1.82) is 0 Å². The molecule has 10 heavy (non-hydrogen) atoms. The maximum Gasteiger partial charge on any atom is 0.317 e. The topological polar surface area (TPSA) is 40.5 Å². The summed E-state index contributed by atoms with van der Waals surface area (Å²) in [5.41, 5.74) is 0. The lowest BCUT2D eigenvalue weighted by Gasteiger charge is -2.37. The molecule has 1 unspecified atom stereocenters. The second-order valence-corrected chi connectivity index (χ2v) is 2.50. The lowest BCUT2D eigenvalue weighted by atomic mass is 10.1. The van der Waals surface area contributed by atoms with Crippen molar-refractivity contribution in [2.75, 3.05) is 13.1 Å². The Labute approximate surface area is 66.4 Å². The van der Waals surface area contributed by atoms with Crippen LogP contribution in [0.25, 0.3) is 0 Å². The molecule has 60 valence electrons. The molecular weight excluding hydrogens is 154 g/mol. The molecule has 0 aliphatic carbocycles. The summed E-state index contributed by atoms with van der Waals surface area (Å²) in [5, 5.41) is 8.32. The van der Waals surface area contributed by atoms with Crippen LogP contribution in [0.15, 0.2) is 0 Å². The van der Waals surface area contributed by atoms with Gasteiger partial charge in [0, 0.05) is 12.6 Å². The highest BCUT2D eigenvalue weighted by Crippen LogP contribution is 2.14. The van der Waals surface area contributed by atoms with Crippen LogP contribution in [0, 0.1) is 0 Å². The van der Waals surface area contributed by atoms with Gasteiger partial charge in [0.25, 0.3) is 0 Å². The van der Waals surface area contributed by atoms with E-state index in [0.29, 0.717) is 6.04 Å². The third-order valence-electron chi connectivity index (χ3n) is 1.80. The molecule has 1 aliphatic rings. The fraction of sp³-hybridized carbons (Fsp3) is 0.833. The van der Waals surface area contributed by atoms with E-state index in [1.807, 2.05) is 11.8 Å². The Balaban J connectivity index is 0.000000810. The average molecular weight is 166 g/mol. The number of likely N-dealkylation sites (tertiary alicyclic amines) is 1. The Bertz CT molecular complexity index is 129. The number of rotatable bonds is 2. The zero-order valence-corrected chi connectivity index (χ0v) is 6.73. The first-order valence-electron chi connectivity index (χ1n) is 3.16. The van der Waals surface area contributed by atoms with Gasteiger partial charge in [0.05, 0.1) is 6.54 Å². The number of halogens is 1. The van der Waals surface area contributed by atoms with Crippen LogP contribution in [0.4, 0.5) is 0 Å². The smallest absolute Gasteiger partial charge is 0.317 e. The molecule has 1 aliphatic heterocycles. The molecule has 1 saturated heterocycles. The number of hydrogen-bond acceptors (Lipinski definition) is 2. The van der Waals surface area contributed by atoms with Crippen LogP contribution in [0.2, 0.25) is 0 Å². The Morgan fingerprint density at radius 1 is 1.80 bits per heavy atom. The molecule has 0 radical (unpaired) electrons. The summed E-state index contributed by atoms with van der Waals surface area (Å²) in [4.78, 5) is 12.1. The molecular formula is C6H12ClNO2. The molecule has 1 N–H and O–H groups in total. The summed E-state index contributed by atoms with van der Waals surface area (Å²) in [7, 11) is 0. The number of hydrogen-bond donors (Lipinski definition) is 1. The van der Waals surface area contributed by atoms with Crippen LogP contribution in [0.5, 0.6) is 0 Å². The van der Waals surface area contributed by atoms with Gasteiger partial charge < -0.3 is 5.11 Å². The third kappa shape index (κ3) is 2.15. The summed E-state index contributed by atoms with van der Waals surface area (Å²) in [6.07, 6.45) is 1.15. The highest BCUT2D eigenvalue weighted by molar-refractivity contribution is 5.85. The van der Waals surface area contributed by atoms with E-state index >= 15 is 0 Å². The van der Waals surface area contributed by atoms with Gasteiger partial charge in [0.2, 0.25) is 0 Å². The Morgan fingerprint density at radius 2 is 2.40 bits per heavy atom. The minimum Gasteiger partial charge on any atom is -0.480 e. The van der Waals surface area contributed by atoms with Crippen LogP contribution >= 0.6 is 12.4 Å². The van der Waals surface area contributed by atoms with Gasteiger partial charge in [-0.25, -0.2) is 0 Å². The minimum absolute atomic E-state index is 0. The lowest BCUT2D eigenvalue weighted by molar-refractivity contribution is -0.140. The molecule has 0 saturated carbocycles. The third-order valence-corrected chi connectivity index (χ3v) is 1.80. The van der Waals surface area contributed by atoms with E-state index in [9.17, 15) is 4.79 Å². The Kier molecular flexibility index (Phi) is 3.68. The van der Waals surface area contributed by atoms with Gasteiger partial charge in [-0.05, 0) is 13.3 Å². The van der Waals surface area contributed by atoms with Gasteiger partial charge in [0.1, 0.15) is 0 Å². The molecule has 1 rings (SSSR count). The summed E-state index contributed by atoms with van der Waals surface area (Å²) < 4.78 is 0. The number of aliphatic carboxylic acids is 1. The van der Waals surface area contributed by atoms with E-state index in [0.717, 1.165) is 13.0 Å².